The molecule has 1 N–H and O–H groups in total. The maximum atomic E-state index is 12.2. The number of pyridine rings is 1. The van der Waals surface area contributed by atoms with Gasteiger partial charge in [0.2, 0.25) is 0 Å². The number of anilines is 1. The first-order valence-electron chi connectivity index (χ1n) is 8.22. The van der Waals surface area contributed by atoms with Crippen molar-refractivity contribution in [3.8, 4) is 5.75 Å². The second-order valence-electron chi connectivity index (χ2n) is 6.11. The lowest BCUT2D eigenvalue weighted by molar-refractivity contribution is -0.123. The summed E-state index contributed by atoms with van der Waals surface area (Å²) in [5.74, 6) is -0.00920. The Kier molecular flexibility index (Phi) is 6.97. The fourth-order valence-corrected chi connectivity index (χ4v) is 2.11. The van der Waals surface area contributed by atoms with E-state index in [1.807, 2.05) is 0 Å². The number of esters is 1. The van der Waals surface area contributed by atoms with E-state index in [-0.39, 0.29) is 5.15 Å². The minimum atomic E-state index is -0.990. The zero-order chi connectivity index (χ0) is 19.1. The Balaban J connectivity index is 1.91. The third-order valence-electron chi connectivity index (χ3n) is 3.34. The fraction of sp³-hybridized carbons (Fsp3) is 0.316. The van der Waals surface area contributed by atoms with E-state index in [1.165, 1.54) is 13.1 Å². The normalized spacial score (nSPS) is 11.7. The van der Waals surface area contributed by atoms with Gasteiger partial charge in [-0.25, -0.2) is 9.78 Å². The maximum absolute atomic E-state index is 12.2. The minimum Gasteiger partial charge on any atom is -0.493 e. The summed E-state index contributed by atoms with van der Waals surface area (Å²) in [6.45, 7) is 6.18. The first-order valence-corrected chi connectivity index (χ1v) is 8.60. The van der Waals surface area contributed by atoms with Gasteiger partial charge in [0.1, 0.15) is 5.75 Å². The number of hydrogen-bond donors (Lipinski definition) is 1. The van der Waals surface area contributed by atoms with E-state index in [0.717, 1.165) is 0 Å². The number of carbonyl (C=O) groups is 2. The lowest BCUT2D eigenvalue weighted by Gasteiger charge is -2.14. The lowest BCUT2D eigenvalue weighted by atomic mass is 10.2. The minimum absolute atomic E-state index is 0.163. The first-order chi connectivity index (χ1) is 12.4. The van der Waals surface area contributed by atoms with Gasteiger partial charge in [-0.15, -0.1) is 0 Å². The average molecular weight is 377 g/mol. The molecule has 26 heavy (non-hydrogen) atoms. The Labute approximate surface area is 157 Å². The Morgan fingerprint density at radius 1 is 1.15 bits per heavy atom. The summed E-state index contributed by atoms with van der Waals surface area (Å²) >= 11 is 5.89. The zero-order valence-electron chi connectivity index (χ0n) is 14.9. The average Bonchev–Trinajstić information content (AvgIpc) is 2.62. The van der Waals surface area contributed by atoms with Crippen LogP contribution in [0.2, 0.25) is 5.15 Å². The number of benzene rings is 1. The summed E-state index contributed by atoms with van der Waals surface area (Å²) in [6, 6.07) is 9.83. The summed E-state index contributed by atoms with van der Waals surface area (Å²) in [6.07, 6.45) is 0.520. The van der Waals surface area contributed by atoms with E-state index in [4.69, 9.17) is 21.1 Å². The highest BCUT2D eigenvalue weighted by Crippen LogP contribution is 2.18. The zero-order valence-corrected chi connectivity index (χ0v) is 15.6. The van der Waals surface area contributed by atoms with Crippen LogP contribution in [0.3, 0.4) is 0 Å². The summed E-state index contributed by atoms with van der Waals surface area (Å²) in [5.41, 5.74) is 0.690. The number of ether oxygens (including phenoxy) is 2. The molecule has 1 aromatic heterocycles. The summed E-state index contributed by atoms with van der Waals surface area (Å²) in [4.78, 5) is 28.2. The number of rotatable bonds is 7. The molecule has 0 radical (unpaired) electrons. The molecule has 0 aliphatic rings. The van der Waals surface area contributed by atoms with Crippen molar-refractivity contribution in [1.29, 1.82) is 0 Å². The molecule has 0 bridgehead atoms. The molecular formula is C19H21ClN2O4. The summed E-state index contributed by atoms with van der Waals surface area (Å²) in [7, 11) is 0. The number of aromatic nitrogens is 1. The highest BCUT2D eigenvalue weighted by molar-refractivity contribution is 6.32. The van der Waals surface area contributed by atoms with Crippen LogP contribution in [0.15, 0.2) is 42.6 Å². The van der Waals surface area contributed by atoms with Gasteiger partial charge in [-0.1, -0.05) is 25.4 Å². The Morgan fingerprint density at radius 2 is 1.85 bits per heavy atom. The highest BCUT2D eigenvalue weighted by Gasteiger charge is 2.20. The quantitative estimate of drug-likeness (QED) is 0.584. The first kappa shape index (κ1) is 19.7. The van der Waals surface area contributed by atoms with Gasteiger partial charge in [0.25, 0.3) is 5.91 Å². The van der Waals surface area contributed by atoms with Crippen LogP contribution in [-0.2, 0) is 9.53 Å². The van der Waals surface area contributed by atoms with Gasteiger partial charge in [-0.3, -0.25) is 4.79 Å². The summed E-state index contributed by atoms with van der Waals surface area (Å²) < 4.78 is 10.8. The van der Waals surface area contributed by atoms with Crippen LogP contribution in [0.1, 0.15) is 31.1 Å². The topological polar surface area (TPSA) is 77.5 Å². The number of hydrogen-bond acceptors (Lipinski definition) is 5. The van der Waals surface area contributed by atoms with Gasteiger partial charge in [-0.2, -0.15) is 0 Å². The summed E-state index contributed by atoms with van der Waals surface area (Å²) in [5, 5.41) is 2.74. The van der Waals surface area contributed by atoms with E-state index in [9.17, 15) is 9.59 Å². The highest BCUT2D eigenvalue weighted by atomic mass is 35.5. The molecule has 2 rings (SSSR count). The molecule has 0 aliphatic heterocycles. The molecule has 0 aliphatic carbocycles. The van der Waals surface area contributed by atoms with Crippen LogP contribution in [0.25, 0.3) is 0 Å². The van der Waals surface area contributed by atoms with Gasteiger partial charge in [-0.05, 0) is 49.2 Å². The van der Waals surface area contributed by atoms with Crippen molar-refractivity contribution < 1.29 is 19.1 Å². The molecule has 0 spiro atoms. The third kappa shape index (κ3) is 5.74. The third-order valence-corrected chi connectivity index (χ3v) is 3.64. The van der Waals surface area contributed by atoms with Gasteiger partial charge < -0.3 is 14.8 Å². The predicted molar refractivity (Wildman–Crippen MR) is 99.5 cm³/mol. The Hall–Kier alpha value is -2.60. The molecular weight excluding hydrogens is 356 g/mol. The van der Waals surface area contributed by atoms with Crippen molar-refractivity contribution in [2.24, 2.45) is 5.92 Å². The molecule has 0 saturated heterocycles. The molecule has 1 atom stereocenters. The maximum Gasteiger partial charge on any atom is 0.338 e. The number of nitrogens with zero attached hydrogens (tertiary/aromatic N) is 1. The van der Waals surface area contributed by atoms with Crippen molar-refractivity contribution >= 4 is 29.2 Å². The number of halogens is 1. The van der Waals surface area contributed by atoms with Crippen LogP contribution in [0.4, 0.5) is 5.69 Å². The van der Waals surface area contributed by atoms with Crippen molar-refractivity contribution in [3.05, 3.63) is 53.3 Å². The van der Waals surface area contributed by atoms with E-state index in [1.54, 1.807) is 36.4 Å². The molecule has 2 aromatic rings. The monoisotopic (exact) mass is 376 g/mol. The van der Waals surface area contributed by atoms with Gasteiger partial charge in [0.15, 0.2) is 11.3 Å². The van der Waals surface area contributed by atoms with E-state index in [2.05, 4.69) is 24.1 Å². The van der Waals surface area contributed by atoms with Gasteiger partial charge in [0, 0.05) is 6.20 Å². The predicted octanol–water partition coefficient (Wildman–Crippen LogP) is 3.95. The van der Waals surface area contributed by atoms with Crippen molar-refractivity contribution in [3.63, 3.8) is 0 Å². The standard InChI is InChI=1S/C19H21ClN2O4/c1-12(2)11-25-15-8-6-14(7-9-15)19(24)26-13(3)18(23)22-16-5-4-10-21-17(16)20/h4-10,12-13H,11H2,1-3H3,(H,22,23)/t13-/m0/s1. The number of amides is 1. The molecule has 7 heteroatoms. The number of nitrogens with one attached hydrogen (secondary N) is 1. The fourth-order valence-electron chi connectivity index (χ4n) is 1.95. The van der Waals surface area contributed by atoms with Crippen LogP contribution in [0.5, 0.6) is 5.75 Å². The molecule has 138 valence electrons. The molecule has 1 heterocycles. The Bertz CT molecular complexity index is 762. The largest absolute Gasteiger partial charge is 0.493 e. The van der Waals surface area contributed by atoms with E-state index < -0.39 is 18.0 Å². The second kappa shape index (κ2) is 9.20. The van der Waals surface area contributed by atoms with Crippen LogP contribution < -0.4 is 10.1 Å². The van der Waals surface area contributed by atoms with Crippen LogP contribution >= 0.6 is 11.6 Å². The van der Waals surface area contributed by atoms with Crippen molar-refractivity contribution in [2.75, 3.05) is 11.9 Å². The smallest absolute Gasteiger partial charge is 0.338 e. The Morgan fingerprint density at radius 3 is 2.46 bits per heavy atom. The van der Waals surface area contributed by atoms with Crippen molar-refractivity contribution in [2.45, 2.75) is 26.9 Å². The van der Waals surface area contributed by atoms with E-state index >= 15 is 0 Å². The lowest BCUT2D eigenvalue weighted by Crippen LogP contribution is -2.30. The second-order valence-corrected chi connectivity index (χ2v) is 6.47. The molecule has 6 nitrogen and oxygen atoms in total. The molecule has 1 aromatic carbocycles. The van der Waals surface area contributed by atoms with E-state index in [0.29, 0.717) is 29.5 Å². The van der Waals surface area contributed by atoms with Gasteiger partial charge in [0.05, 0.1) is 17.9 Å². The van der Waals surface area contributed by atoms with Gasteiger partial charge >= 0.3 is 5.97 Å². The molecule has 0 fully saturated rings. The van der Waals surface area contributed by atoms with Crippen molar-refractivity contribution in [1.82, 2.24) is 4.98 Å². The molecule has 0 saturated carbocycles. The SMILES string of the molecule is CC(C)COc1ccc(C(=O)O[C@@H](C)C(=O)Nc2cccnc2Cl)cc1. The van der Waals surface area contributed by atoms with Crippen LogP contribution in [0, 0.1) is 5.92 Å². The number of carbonyl (C=O) groups excluding carboxylic acids is 2. The molecule has 0 unspecified atom stereocenters. The van der Waals surface area contributed by atoms with Crippen LogP contribution in [-0.4, -0.2) is 29.6 Å². The molecule has 1 amide bonds.